The van der Waals surface area contributed by atoms with Crippen molar-refractivity contribution in [2.45, 2.75) is 0 Å². The van der Waals surface area contributed by atoms with Gasteiger partial charge in [-0.3, -0.25) is 0 Å². The number of nitrogens with two attached hydrogens (primary N) is 1. The van der Waals surface area contributed by atoms with Crippen LogP contribution in [0, 0.1) is 11.3 Å². The molecule has 6 nitrogen and oxygen atoms in total. The molecule has 0 saturated carbocycles. The third-order valence-corrected chi connectivity index (χ3v) is 4.79. The topological polar surface area (TPSA) is 93.4 Å². The number of fused-ring (bicyclic) bond motifs is 1. The molecule has 0 aliphatic rings. The van der Waals surface area contributed by atoms with Gasteiger partial charge in [-0.25, -0.2) is 4.45 Å². The summed E-state index contributed by atoms with van der Waals surface area (Å²) < 4.78 is 1.90. The van der Waals surface area contributed by atoms with Crippen molar-refractivity contribution in [3.05, 3.63) is 36.3 Å². The van der Waals surface area contributed by atoms with Gasteiger partial charge in [0.15, 0.2) is 5.69 Å². The first kappa shape index (κ1) is 13.2. The summed E-state index contributed by atoms with van der Waals surface area (Å²) in [5.41, 5.74) is 9.71. The SMILES string of the molecule is N#Cc1cc(-c2cc(N)c3cnn(PI)c3c2)cnn1. The van der Waals surface area contributed by atoms with Crippen LogP contribution in [0.25, 0.3) is 22.0 Å². The summed E-state index contributed by atoms with van der Waals surface area (Å²) >= 11 is 2.27. The number of anilines is 1. The molecule has 0 radical (unpaired) electrons. The lowest BCUT2D eigenvalue weighted by atomic mass is 10.0. The average Bonchev–Trinajstić information content (AvgIpc) is 2.91. The molecule has 0 aliphatic heterocycles. The van der Waals surface area contributed by atoms with Crippen molar-refractivity contribution < 1.29 is 0 Å². The Hall–Kier alpha value is -1.78. The van der Waals surface area contributed by atoms with E-state index in [2.05, 4.69) is 37.3 Å². The molecule has 1 aromatic carbocycles. The third-order valence-electron chi connectivity index (χ3n) is 2.90. The molecule has 8 heteroatoms. The first-order chi connectivity index (χ1) is 9.72. The van der Waals surface area contributed by atoms with E-state index in [1.54, 1.807) is 18.5 Å². The van der Waals surface area contributed by atoms with E-state index < -0.39 is 0 Å². The molecular weight excluding hydrogens is 386 g/mol. The molecule has 98 valence electrons. The van der Waals surface area contributed by atoms with E-state index in [1.165, 1.54) is 0 Å². The van der Waals surface area contributed by atoms with Crippen LogP contribution < -0.4 is 5.73 Å². The summed E-state index contributed by atoms with van der Waals surface area (Å²) in [6, 6.07) is 7.55. The van der Waals surface area contributed by atoms with Crippen LogP contribution in [0.15, 0.2) is 30.6 Å². The summed E-state index contributed by atoms with van der Waals surface area (Å²) in [5, 5.41) is 21.7. The van der Waals surface area contributed by atoms with Crippen molar-refractivity contribution in [1.29, 1.82) is 5.26 Å². The standard InChI is InChI=1S/C12H8IN6P/c13-20-19-12-3-7(2-11(15)10(12)6-17-19)8-1-9(4-14)18-16-5-8/h1-3,5-6,20H,15H2. The number of hydrogen-bond acceptors (Lipinski definition) is 5. The Labute approximate surface area is 129 Å². The van der Waals surface area contributed by atoms with Crippen LogP contribution in [0.3, 0.4) is 0 Å². The van der Waals surface area contributed by atoms with Crippen molar-refractivity contribution in [2.24, 2.45) is 0 Å². The minimum atomic E-state index is 0.283. The monoisotopic (exact) mass is 394 g/mol. The van der Waals surface area contributed by atoms with Crippen molar-refractivity contribution in [1.82, 2.24) is 19.7 Å². The Kier molecular flexibility index (Phi) is 3.51. The highest BCUT2D eigenvalue weighted by atomic mass is 127. The fraction of sp³-hybridized carbons (Fsp3) is 0. The number of halogens is 1. The molecule has 1 unspecified atom stereocenters. The molecule has 2 N–H and O–H groups in total. The third kappa shape index (κ3) is 2.21. The number of rotatable bonds is 2. The van der Waals surface area contributed by atoms with Gasteiger partial charge in [0.2, 0.25) is 0 Å². The Morgan fingerprint density at radius 2 is 2.10 bits per heavy atom. The predicted molar refractivity (Wildman–Crippen MR) is 87.6 cm³/mol. The Morgan fingerprint density at radius 3 is 2.85 bits per heavy atom. The molecule has 2 heterocycles. The number of nitrogen functional groups attached to an aromatic ring is 1. The lowest BCUT2D eigenvalue weighted by molar-refractivity contribution is 1.01. The van der Waals surface area contributed by atoms with Crippen LogP contribution in [-0.2, 0) is 0 Å². The average molecular weight is 394 g/mol. The highest BCUT2D eigenvalue weighted by Crippen LogP contribution is 2.34. The molecule has 0 amide bonds. The number of nitriles is 1. The molecule has 0 fully saturated rings. The van der Waals surface area contributed by atoms with E-state index in [4.69, 9.17) is 11.0 Å². The van der Waals surface area contributed by atoms with Crippen LogP contribution in [0.2, 0.25) is 0 Å². The van der Waals surface area contributed by atoms with Crippen molar-refractivity contribution >= 4 is 45.0 Å². The molecule has 3 rings (SSSR count). The van der Waals surface area contributed by atoms with Crippen molar-refractivity contribution in [2.75, 3.05) is 5.73 Å². The van der Waals surface area contributed by atoms with Crippen LogP contribution in [-0.4, -0.2) is 19.7 Å². The first-order valence-corrected chi connectivity index (χ1v) is 9.66. The van der Waals surface area contributed by atoms with Gasteiger partial charge in [0.05, 0.1) is 24.3 Å². The highest BCUT2D eigenvalue weighted by Gasteiger charge is 2.09. The second-order valence-corrected chi connectivity index (χ2v) is 6.12. The van der Waals surface area contributed by atoms with Crippen molar-refractivity contribution in [3.8, 4) is 17.2 Å². The lowest BCUT2D eigenvalue weighted by Gasteiger charge is -2.05. The zero-order chi connectivity index (χ0) is 14.1. The largest absolute Gasteiger partial charge is 0.398 e. The number of hydrogen-bond donors (Lipinski definition) is 1. The molecule has 0 saturated heterocycles. The van der Waals surface area contributed by atoms with E-state index in [-0.39, 0.29) is 5.69 Å². The Balaban J connectivity index is 2.23. The van der Waals surface area contributed by atoms with Gasteiger partial charge in [0.25, 0.3) is 0 Å². The van der Waals surface area contributed by atoms with Gasteiger partial charge >= 0.3 is 0 Å². The number of aromatic nitrogens is 4. The van der Waals surface area contributed by atoms with Gasteiger partial charge in [0, 0.05) is 16.6 Å². The predicted octanol–water partition coefficient (Wildman–Crippen LogP) is 2.74. The summed E-state index contributed by atoms with van der Waals surface area (Å²) in [6.45, 7) is 0. The van der Waals surface area contributed by atoms with Gasteiger partial charge in [-0.15, -0.1) is 5.10 Å². The summed E-state index contributed by atoms with van der Waals surface area (Å²) in [5.74, 6) is 0. The molecule has 0 bridgehead atoms. The van der Waals surface area contributed by atoms with Crippen LogP contribution in [0.1, 0.15) is 5.69 Å². The van der Waals surface area contributed by atoms with Gasteiger partial charge in [-0.2, -0.15) is 15.5 Å². The smallest absolute Gasteiger partial charge is 0.163 e. The van der Waals surface area contributed by atoms with Crippen LogP contribution >= 0.6 is 28.4 Å². The molecule has 0 aliphatic carbocycles. The second kappa shape index (κ2) is 5.31. The summed E-state index contributed by atoms with van der Waals surface area (Å²) in [7, 11) is 0. The maximum absolute atomic E-state index is 8.89. The van der Waals surface area contributed by atoms with E-state index in [0.29, 0.717) is 12.1 Å². The zero-order valence-corrected chi connectivity index (χ0v) is 13.2. The van der Waals surface area contributed by atoms with Gasteiger partial charge < -0.3 is 5.73 Å². The highest BCUT2D eigenvalue weighted by molar-refractivity contribution is 14.2. The van der Waals surface area contributed by atoms with E-state index in [0.717, 1.165) is 22.0 Å². The quantitative estimate of drug-likeness (QED) is 0.410. The molecule has 2 aromatic heterocycles. The minimum absolute atomic E-state index is 0.283. The fourth-order valence-corrected chi connectivity index (χ4v) is 3.50. The second-order valence-electron chi connectivity index (χ2n) is 4.08. The number of benzene rings is 1. The molecule has 1 atom stereocenters. The van der Waals surface area contributed by atoms with Gasteiger partial charge in [-0.1, -0.05) is 0 Å². The lowest BCUT2D eigenvalue weighted by Crippen LogP contribution is -1.92. The van der Waals surface area contributed by atoms with E-state index in [9.17, 15) is 0 Å². The number of nitrogens with zero attached hydrogens (tertiary/aromatic N) is 5. The van der Waals surface area contributed by atoms with Gasteiger partial charge in [-0.05, 0) is 45.8 Å². The summed E-state index contributed by atoms with van der Waals surface area (Å²) in [4.78, 5) is 0. The maximum atomic E-state index is 8.89. The maximum Gasteiger partial charge on any atom is 0.163 e. The van der Waals surface area contributed by atoms with Crippen LogP contribution in [0.4, 0.5) is 5.69 Å². The van der Waals surface area contributed by atoms with Crippen molar-refractivity contribution in [3.63, 3.8) is 0 Å². The summed E-state index contributed by atoms with van der Waals surface area (Å²) in [6.07, 6.45) is 3.89. The molecular formula is C12H8IN6P. The van der Waals surface area contributed by atoms with Gasteiger partial charge in [0.1, 0.15) is 6.07 Å². The Morgan fingerprint density at radius 1 is 1.25 bits per heavy atom. The molecule has 20 heavy (non-hydrogen) atoms. The van der Waals surface area contributed by atoms with Crippen LogP contribution in [0.5, 0.6) is 0 Å². The first-order valence-electron chi connectivity index (χ1n) is 5.60. The van der Waals surface area contributed by atoms with E-state index >= 15 is 0 Å². The van der Waals surface area contributed by atoms with E-state index in [1.807, 2.05) is 22.7 Å². The zero-order valence-electron chi connectivity index (χ0n) is 10.1. The fourth-order valence-electron chi connectivity index (χ4n) is 1.97. The molecule has 3 aromatic rings. The minimum Gasteiger partial charge on any atom is -0.398 e. The molecule has 0 spiro atoms. The normalized spacial score (nSPS) is 11.2. The Bertz CT molecular complexity index is 838.